The van der Waals surface area contributed by atoms with Crippen LogP contribution in [0.15, 0.2) is 23.5 Å². The summed E-state index contributed by atoms with van der Waals surface area (Å²) in [5.41, 5.74) is -2.59. The van der Waals surface area contributed by atoms with E-state index < -0.39 is 29.5 Å². The van der Waals surface area contributed by atoms with Gasteiger partial charge in [0.15, 0.2) is 5.60 Å². The number of carboxylic acids is 1. The lowest BCUT2D eigenvalue weighted by atomic mass is 9.83. The highest BCUT2D eigenvalue weighted by atomic mass is 16.4. The minimum Gasteiger partial charge on any atom is -0.509 e. The summed E-state index contributed by atoms with van der Waals surface area (Å²) in [5, 5.41) is 46.4. The quantitative estimate of drug-likeness (QED) is 0.401. The first-order chi connectivity index (χ1) is 6.80. The maximum Gasteiger partial charge on any atom is 0.335 e. The van der Waals surface area contributed by atoms with Crippen molar-refractivity contribution in [1.29, 1.82) is 0 Å². The van der Waals surface area contributed by atoms with Gasteiger partial charge in [-0.3, -0.25) is 0 Å². The molecule has 0 aliphatic heterocycles. The minimum absolute atomic E-state index is 0.342. The topological polar surface area (TPSA) is 118 Å². The van der Waals surface area contributed by atoms with Crippen LogP contribution in [0.5, 0.6) is 0 Å². The average molecular weight is 216 g/mol. The second kappa shape index (κ2) is 3.65. The van der Waals surface area contributed by atoms with Crippen LogP contribution in [0.25, 0.3) is 0 Å². The van der Waals surface area contributed by atoms with Gasteiger partial charge in [-0.05, 0) is 19.1 Å². The molecule has 0 amide bonds. The zero-order valence-corrected chi connectivity index (χ0v) is 7.95. The van der Waals surface area contributed by atoms with Crippen LogP contribution in [0.1, 0.15) is 6.92 Å². The van der Waals surface area contributed by atoms with Crippen LogP contribution in [0.2, 0.25) is 0 Å². The normalized spacial score (nSPS) is 32.9. The van der Waals surface area contributed by atoms with E-state index in [0.717, 1.165) is 12.2 Å². The third-order valence-electron chi connectivity index (χ3n) is 2.37. The predicted molar refractivity (Wildman–Crippen MR) is 49.1 cm³/mol. The Kier molecular flexibility index (Phi) is 2.85. The van der Waals surface area contributed by atoms with Crippen molar-refractivity contribution in [1.82, 2.24) is 0 Å². The molecule has 0 spiro atoms. The number of hydrogen-bond acceptors (Lipinski definition) is 5. The number of aliphatic hydroxyl groups excluding tert-OH is 3. The standard InChI is InChI=1S/C9H12O6/c1-4(10)9(15)6(11)2-5(8(13)14)3-7(9)12/h2-4,6,10-12,15H,1H3,(H,13,14). The molecule has 3 unspecified atom stereocenters. The average Bonchev–Trinajstić information content (AvgIpc) is 2.12. The van der Waals surface area contributed by atoms with Crippen LogP contribution in [0.4, 0.5) is 0 Å². The smallest absolute Gasteiger partial charge is 0.335 e. The molecule has 0 saturated heterocycles. The SMILES string of the molecule is CC(O)C1(O)C(O)=CC(C(=O)O)=CC1O. The summed E-state index contributed by atoms with van der Waals surface area (Å²) in [7, 11) is 0. The Balaban J connectivity index is 3.15. The first kappa shape index (κ1) is 11.7. The third-order valence-corrected chi connectivity index (χ3v) is 2.37. The van der Waals surface area contributed by atoms with Crippen molar-refractivity contribution in [2.24, 2.45) is 0 Å². The summed E-state index contributed by atoms with van der Waals surface area (Å²) in [6, 6.07) is 0. The second-order valence-electron chi connectivity index (χ2n) is 3.40. The summed E-state index contributed by atoms with van der Waals surface area (Å²) in [5.74, 6) is -2.11. The van der Waals surface area contributed by atoms with Gasteiger partial charge in [0.2, 0.25) is 0 Å². The number of carboxylic acid groups (broad SMARTS) is 1. The fraction of sp³-hybridized carbons (Fsp3) is 0.444. The molecule has 1 rings (SSSR count). The van der Waals surface area contributed by atoms with E-state index in [1.54, 1.807) is 0 Å². The van der Waals surface area contributed by atoms with Crippen LogP contribution < -0.4 is 0 Å². The number of carbonyl (C=O) groups is 1. The van der Waals surface area contributed by atoms with Gasteiger partial charge in [0, 0.05) is 0 Å². The number of aliphatic carboxylic acids is 1. The van der Waals surface area contributed by atoms with Crippen molar-refractivity contribution < 1.29 is 30.3 Å². The first-order valence-corrected chi connectivity index (χ1v) is 4.25. The summed E-state index contributed by atoms with van der Waals surface area (Å²) in [6.07, 6.45) is -1.46. The van der Waals surface area contributed by atoms with E-state index >= 15 is 0 Å². The monoisotopic (exact) mass is 216 g/mol. The number of hydrogen-bond donors (Lipinski definition) is 5. The largest absolute Gasteiger partial charge is 0.509 e. The zero-order chi connectivity index (χ0) is 11.8. The van der Waals surface area contributed by atoms with Crippen LogP contribution in [-0.4, -0.2) is 49.3 Å². The van der Waals surface area contributed by atoms with E-state index in [-0.39, 0.29) is 5.57 Å². The van der Waals surface area contributed by atoms with Crippen LogP contribution in [0.3, 0.4) is 0 Å². The van der Waals surface area contributed by atoms with Crippen LogP contribution in [0, 0.1) is 0 Å². The fourth-order valence-corrected chi connectivity index (χ4v) is 1.35. The summed E-state index contributed by atoms with van der Waals surface area (Å²) in [4.78, 5) is 10.5. The Labute approximate surface area is 85.4 Å². The van der Waals surface area contributed by atoms with E-state index in [9.17, 15) is 25.2 Å². The highest BCUT2D eigenvalue weighted by Gasteiger charge is 2.46. The van der Waals surface area contributed by atoms with E-state index in [1.165, 1.54) is 6.92 Å². The van der Waals surface area contributed by atoms with Gasteiger partial charge < -0.3 is 25.5 Å². The third kappa shape index (κ3) is 1.74. The Morgan fingerprint density at radius 2 is 2.13 bits per heavy atom. The fourth-order valence-electron chi connectivity index (χ4n) is 1.35. The molecule has 0 saturated carbocycles. The van der Waals surface area contributed by atoms with Gasteiger partial charge in [0.1, 0.15) is 11.9 Å². The van der Waals surface area contributed by atoms with E-state index in [1.807, 2.05) is 0 Å². The van der Waals surface area contributed by atoms with Crippen molar-refractivity contribution >= 4 is 5.97 Å². The molecule has 3 atom stereocenters. The van der Waals surface area contributed by atoms with Crippen molar-refractivity contribution in [2.45, 2.75) is 24.7 Å². The van der Waals surface area contributed by atoms with Gasteiger partial charge in [-0.25, -0.2) is 4.79 Å². The molecule has 6 nitrogen and oxygen atoms in total. The Hall–Kier alpha value is -1.37. The molecule has 5 N–H and O–H groups in total. The molecule has 15 heavy (non-hydrogen) atoms. The number of aliphatic hydroxyl groups is 4. The van der Waals surface area contributed by atoms with Crippen LogP contribution in [-0.2, 0) is 4.79 Å². The molecular weight excluding hydrogens is 204 g/mol. The minimum atomic E-state index is -2.25. The molecule has 1 aliphatic carbocycles. The van der Waals surface area contributed by atoms with E-state index in [0.29, 0.717) is 0 Å². The molecule has 0 fully saturated rings. The lowest BCUT2D eigenvalue weighted by Gasteiger charge is -2.35. The molecule has 84 valence electrons. The van der Waals surface area contributed by atoms with Gasteiger partial charge in [-0.1, -0.05) is 0 Å². The molecule has 0 aromatic heterocycles. The van der Waals surface area contributed by atoms with Crippen molar-refractivity contribution in [3.63, 3.8) is 0 Å². The molecule has 0 heterocycles. The molecule has 0 aromatic rings. The molecular formula is C9H12O6. The zero-order valence-electron chi connectivity index (χ0n) is 7.95. The maximum absolute atomic E-state index is 10.5. The summed E-state index contributed by atoms with van der Waals surface area (Å²) in [6.45, 7) is 1.17. The summed E-state index contributed by atoms with van der Waals surface area (Å²) >= 11 is 0. The van der Waals surface area contributed by atoms with Crippen molar-refractivity contribution in [3.05, 3.63) is 23.5 Å². The maximum atomic E-state index is 10.5. The Morgan fingerprint density at radius 3 is 2.47 bits per heavy atom. The van der Waals surface area contributed by atoms with E-state index in [4.69, 9.17) is 5.11 Å². The molecule has 0 bridgehead atoms. The van der Waals surface area contributed by atoms with Crippen LogP contribution >= 0.6 is 0 Å². The van der Waals surface area contributed by atoms with Gasteiger partial charge in [-0.2, -0.15) is 0 Å². The first-order valence-electron chi connectivity index (χ1n) is 4.25. The molecule has 0 aromatic carbocycles. The Bertz CT molecular complexity index is 343. The lowest BCUT2D eigenvalue weighted by molar-refractivity contribution is -0.134. The highest BCUT2D eigenvalue weighted by molar-refractivity contribution is 5.90. The van der Waals surface area contributed by atoms with Gasteiger partial charge in [0.05, 0.1) is 11.7 Å². The predicted octanol–water partition coefficient (Wildman–Crippen LogP) is -1.07. The molecule has 6 heteroatoms. The van der Waals surface area contributed by atoms with Crippen molar-refractivity contribution in [3.8, 4) is 0 Å². The van der Waals surface area contributed by atoms with E-state index in [2.05, 4.69) is 0 Å². The van der Waals surface area contributed by atoms with Gasteiger partial charge in [0.25, 0.3) is 0 Å². The molecule has 0 radical (unpaired) electrons. The lowest BCUT2D eigenvalue weighted by Crippen LogP contribution is -2.53. The highest BCUT2D eigenvalue weighted by Crippen LogP contribution is 2.30. The Morgan fingerprint density at radius 1 is 1.60 bits per heavy atom. The molecule has 1 aliphatic rings. The summed E-state index contributed by atoms with van der Waals surface area (Å²) < 4.78 is 0. The van der Waals surface area contributed by atoms with Crippen molar-refractivity contribution in [2.75, 3.05) is 0 Å². The number of rotatable bonds is 2. The second-order valence-corrected chi connectivity index (χ2v) is 3.40. The van der Waals surface area contributed by atoms with Gasteiger partial charge in [-0.15, -0.1) is 0 Å². The van der Waals surface area contributed by atoms with Gasteiger partial charge >= 0.3 is 5.97 Å².